The van der Waals surface area contributed by atoms with Gasteiger partial charge in [-0.2, -0.15) is 0 Å². The standard InChI is InChI=1S/C28H48O6/c1-22(2)10-6-11-23(3)12-7-13-24(4)14-8-15-25(5)16-9-17-28(32)34-21-27(31)20-33-19-26(30)18-29/h10,12,14,16,26-27,29-31H,6-9,11,13,15,17-21H2,1-5H3/b23-12+,24-14+,25-16+. The van der Waals surface area contributed by atoms with Gasteiger partial charge in [0.1, 0.15) is 18.8 Å². The quantitative estimate of drug-likeness (QED) is 0.174. The minimum absolute atomic E-state index is 0.0670. The van der Waals surface area contributed by atoms with Gasteiger partial charge in [-0.05, 0) is 79.6 Å². The summed E-state index contributed by atoms with van der Waals surface area (Å²) in [6.07, 6.45) is 14.4. The normalized spacial score (nSPS) is 14.6. The Labute approximate surface area is 207 Å². The molecule has 6 nitrogen and oxygen atoms in total. The van der Waals surface area contributed by atoms with Crippen molar-refractivity contribution in [2.75, 3.05) is 26.4 Å². The Balaban J connectivity index is 3.99. The second kappa shape index (κ2) is 20.6. The minimum atomic E-state index is -0.974. The summed E-state index contributed by atoms with van der Waals surface area (Å²) in [5.74, 6) is -0.363. The number of aliphatic hydroxyl groups is 3. The summed E-state index contributed by atoms with van der Waals surface area (Å²) in [6.45, 7) is 10.1. The number of aliphatic hydroxyl groups excluding tert-OH is 3. The molecule has 3 N–H and O–H groups in total. The van der Waals surface area contributed by atoms with Gasteiger partial charge in [0.2, 0.25) is 0 Å². The fraction of sp³-hybridized carbons (Fsp3) is 0.679. The topological polar surface area (TPSA) is 96.2 Å². The van der Waals surface area contributed by atoms with Crippen LogP contribution in [0.15, 0.2) is 46.6 Å². The van der Waals surface area contributed by atoms with Gasteiger partial charge in [0.15, 0.2) is 0 Å². The Bertz CT molecular complexity index is 670. The summed E-state index contributed by atoms with van der Waals surface area (Å²) >= 11 is 0. The third-order valence-electron chi connectivity index (χ3n) is 5.26. The molecular weight excluding hydrogens is 432 g/mol. The molecule has 0 saturated carbocycles. The average Bonchev–Trinajstić information content (AvgIpc) is 2.77. The Morgan fingerprint density at radius 2 is 1.12 bits per heavy atom. The van der Waals surface area contributed by atoms with E-state index in [0.717, 1.165) is 38.5 Å². The molecule has 0 fully saturated rings. The summed E-state index contributed by atoms with van der Waals surface area (Å²) < 4.78 is 10.1. The Morgan fingerprint density at radius 3 is 1.59 bits per heavy atom. The summed E-state index contributed by atoms with van der Waals surface area (Å²) in [6, 6.07) is 0. The van der Waals surface area contributed by atoms with Crippen LogP contribution < -0.4 is 0 Å². The molecule has 0 spiro atoms. The van der Waals surface area contributed by atoms with Crippen LogP contribution in [0, 0.1) is 0 Å². The smallest absolute Gasteiger partial charge is 0.306 e. The molecular formula is C28H48O6. The highest BCUT2D eigenvalue weighted by Gasteiger charge is 2.10. The second-order valence-electron chi connectivity index (χ2n) is 9.30. The molecule has 196 valence electrons. The molecule has 6 heteroatoms. The van der Waals surface area contributed by atoms with Gasteiger partial charge in [0.05, 0.1) is 19.8 Å². The molecule has 0 radical (unpaired) electrons. The first kappa shape index (κ1) is 32.3. The highest BCUT2D eigenvalue weighted by atomic mass is 16.5. The van der Waals surface area contributed by atoms with E-state index < -0.39 is 18.8 Å². The predicted octanol–water partition coefficient (Wildman–Crippen LogP) is 5.19. The van der Waals surface area contributed by atoms with Gasteiger partial charge >= 0.3 is 5.97 Å². The zero-order chi connectivity index (χ0) is 25.8. The average molecular weight is 481 g/mol. The predicted molar refractivity (Wildman–Crippen MR) is 139 cm³/mol. The molecule has 0 aliphatic heterocycles. The Morgan fingerprint density at radius 1 is 0.676 bits per heavy atom. The molecule has 0 aromatic carbocycles. The number of carbonyl (C=O) groups excluding carboxylic acids is 1. The number of hydrogen-bond donors (Lipinski definition) is 3. The van der Waals surface area contributed by atoms with Crippen LogP contribution in [0.2, 0.25) is 0 Å². The maximum absolute atomic E-state index is 11.8. The lowest BCUT2D eigenvalue weighted by Gasteiger charge is -2.13. The lowest BCUT2D eigenvalue weighted by molar-refractivity contribution is -0.148. The fourth-order valence-corrected chi connectivity index (χ4v) is 3.13. The van der Waals surface area contributed by atoms with E-state index in [1.165, 1.54) is 22.3 Å². The van der Waals surface area contributed by atoms with Crippen LogP contribution in [-0.2, 0) is 14.3 Å². The van der Waals surface area contributed by atoms with Crippen LogP contribution in [0.3, 0.4) is 0 Å². The molecule has 0 aromatic rings. The lowest BCUT2D eigenvalue weighted by Crippen LogP contribution is -2.27. The monoisotopic (exact) mass is 480 g/mol. The molecule has 0 aliphatic carbocycles. The first-order chi connectivity index (χ1) is 16.1. The van der Waals surface area contributed by atoms with Gasteiger partial charge in [-0.25, -0.2) is 0 Å². The number of carbonyl (C=O) groups is 1. The maximum Gasteiger partial charge on any atom is 0.306 e. The van der Waals surface area contributed by atoms with Crippen LogP contribution in [0.5, 0.6) is 0 Å². The third-order valence-corrected chi connectivity index (χ3v) is 5.26. The number of esters is 1. The maximum atomic E-state index is 11.8. The van der Waals surface area contributed by atoms with E-state index in [-0.39, 0.29) is 32.2 Å². The third kappa shape index (κ3) is 20.8. The van der Waals surface area contributed by atoms with Crippen molar-refractivity contribution in [3.8, 4) is 0 Å². The van der Waals surface area contributed by atoms with Gasteiger partial charge in [0, 0.05) is 6.42 Å². The van der Waals surface area contributed by atoms with Crippen LogP contribution in [-0.4, -0.2) is 59.9 Å². The van der Waals surface area contributed by atoms with Crippen molar-refractivity contribution in [2.45, 2.75) is 98.2 Å². The second-order valence-corrected chi connectivity index (χ2v) is 9.30. The van der Waals surface area contributed by atoms with E-state index in [9.17, 15) is 9.90 Å². The number of rotatable bonds is 19. The van der Waals surface area contributed by atoms with Crippen LogP contribution >= 0.6 is 0 Å². The zero-order valence-corrected chi connectivity index (χ0v) is 22.0. The largest absolute Gasteiger partial charge is 0.463 e. The molecule has 0 heterocycles. The van der Waals surface area contributed by atoms with E-state index in [4.69, 9.17) is 19.7 Å². The molecule has 0 bridgehead atoms. The van der Waals surface area contributed by atoms with Crippen molar-refractivity contribution >= 4 is 5.97 Å². The molecule has 0 saturated heterocycles. The zero-order valence-electron chi connectivity index (χ0n) is 22.0. The summed E-state index contributed by atoms with van der Waals surface area (Å²) in [7, 11) is 0. The molecule has 0 aromatic heterocycles. The van der Waals surface area contributed by atoms with E-state index >= 15 is 0 Å². The Kier molecular flexibility index (Phi) is 19.6. The van der Waals surface area contributed by atoms with Crippen molar-refractivity contribution in [3.63, 3.8) is 0 Å². The number of allylic oxidation sites excluding steroid dienone is 8. The van der Waals surface area contributed by atoms with Crippen LogP contribution in [0.1, 0.15) is 86.0 Å². The highest BCUT2D eigenvalue weighted by Crippen LogP contribution is 2.14. The molecule has 0 aliphatic rings. The van der Waals surface area contributed by atoms with Gasteiger partial charge < -0.3 is 24.8 Å². The molecule has 2 unspecified atom stereocenters. The van der Waals surface area contributed by atoms with E-state index in [1.54, 1.807) is 0 Å². The van der Waals surface area contributed by atoms with Gasteiger partial charge in [-0.15, -0.1) is 0 Å². The first-order valence-electron chi connectivity index (χ1n) is 12.4. The number of ether oxygens (including phenoxy) is 2. The lowest BCUT2D eigenvalue weighted by atomic mass is 10.0. The number of hydrogen-bond acceptors (Lipinski definition) is 6. The molecule has 0 amide bonds. The van der Waals surface area contributed by atoms with Crippen molar-refractivity contribution in [3.05, 3.63) is 46.6 Å². The molecule has 0 rings (SSSR count). The summed E-state index contributed by atoms with van der Waals surface area (Å²) in [4.78, 5) is 11.8. The van der Waals surface area contributed by atoms with E-state index in [2.05, 4.69) is 58.9 Å². The van der Waals surface area contributed by atoms with Crippen LogP contribution in [0.25, 0.3) is 0 Å². The van der Waals surface area contributed by atoms with Crippen LogP contribution in [0.4, 0.5) is 0 Å². The summed E-state index contributed by atoms with van der Waals surface area (Å²) in [5.41, 5.74) is 5.51. The molecule has 34 heavy (non-hydrogen) atoms. The van der Waals surface area contributed by atoms with E-state index in [0.29, 0.717) is 6.42 Å². The fourth-order valence-electron chi connectivity index (χ4n) is 3.13. The minimum Gasteiger partial charge on any atom is -0.463 e. The van der Waals surface area contributed by atoms with Gasteiger partial charge in [-0.3, -0.25) is 4.79 Å². The van der Waals surface area contributed by atoms with Crippen molar-refractivity contribution in [2.24, 2.45) is 0 Å². The molecule has 2 atom stereocenters. The summed E-state index contributed by atoms with van der Waals surface area (Å²) in [5, 5.41) is 27.5. The van der Waals surface area contributed by atoms with Gasteiger partial charge in [0.25, 0.3) is 0 Å². The Hall–Kier alpha value is -1.73. The first-order valence-corrected chi connectivity index (χ1v) is 12.4. The highest BCUT2D eigenvalue weighted by molar-refractivity contribution is 5.69. The van der Waals surface area contributed by atoms with Crippen molar-refractivity contribution in [1.29, 1.82) is 0 Å². The SMILES string of the molecule is CC(C)=CCC/C(C)=C/CC/C(C)=C/CC/C(C)=C/CCC(=O)OCC(O)COCC(O)CO. The van der Waals surface area contributed by atoms with Gasteiger partial charge in [-0.1, -0.05) is 46.6 Å². The van der Waals surface area contributed by atoms with E-state index in [1.807, 2.05) is 0 Å². The van der Waals surface area contributed by atoms with Crippen molar-refractivity contribution < 1.29 is 29.6 Å². The van der Waals surface area contributed by atoms with Crippen molar-refractivity contribution in [1.82, 2.24) is 0 Å².